The van der Waals surface area contributed by atoms with Gasteiger partial charge in [-0.3, -0.25) is 0 Å². The average Bonchev–Trinajstić information content (AvgIpc) is 1.31. The Hall–Kier alpha value is 0.620. The number of rotatable bonds is 1. The van der Waals surface area contributed by atoms with Gasteiger partial charge in [-0.05, 0) is 15.9 Å². The molecule has 1 unspecified atom stereocenters. The van der Waals surface area contributed by atoms with Crippen LogP contribution in [0.4, 0.5) is 13.2 Å². The molecule has 7 heavy (non-hydrogen) atoms. The molecule has 0 N–H and O–H groups in total. The van der Waals surface area contributed by atoms with E-state index in [1.807, 2.05) is 15.9 Å². The van der Waals surface area contributed by atoms with Gasteiger partial charge >= 0.3 is 5.25 Å². The summed E-state index contributed by atoms with van der Waals surface area (Å²) < 4.78 is 33.9. The molecular weight excluding hydrogens is 193 g/mol. The smallest absolute Gasteiger partial charge is 0.227 e. The van der Waals surface area contributed by atoms with Crippen LogP contribution < -0.4 is 0 Å². The fraction of sp³-hybridized carbons (Fsp3) is 1.00. The molecule has 0 aromatic carbocycles. The lowest BCUT2D eigenvalue weighted by atomic mass is 10.8. The van der Waals surface area contributed by atoms with Crippen LogP contribution in [0.2, 0.25) is 0 Å². The van der Waals surface area contributed by atoms with E-state index in [0.29, 0.717) is 0 Å². The van der Waals surface area contributed by atoms with Gasteiger partial charge in [0.05, 0.1) is 0 Å². The Morgan fingerprint density at radius 1 is 1.57 bits per heavy atom. The molecule has 0 aliphatic rings. The van der Waals surface area contributed by atoms with E-state index in [0.717, 1.165) is 0 Å². The first kappa shape index (κ1) is 7.62. The molecule has 0 rings (SSSR count). The molecule has 0 nitrogen and oxygen atoms in total. The second-order valence-electron chi connectivity index (χ2n) is 0.888. The third-order valence-corrected chi connectivity index (χ3v) is 1.42. The van der Waals surface area contributed by atoms with Gasteiger partial charge in [0.2, 0.25) is 5.08 Å². The number of alkyl halides is 4. The van der Waals surface area contributed by atoms with Gasteiger partial charge in [0.25, 0.3) is 0 Å². The van der Waals surface area contributed by atoms with Crippen LogP contribution in [0.5, 0.6) is 0 Å². The number of thiol groups is 1. The molecule has 44 valence electrons. The van der Waals surface area contributed by atoms with E-state index in [2.05, 4.69) is 12.6 Å². The predicted molar refractivity (Wildman–Crippen MR) is 27.8 cm³/mol. The van der Waals surface area contributed by atoms with Crippen LogP contribution in [0.15, 0.2) is 0 Å². The number of hydrogen-bond acceptors (Lipinski definition) is 1. The van der Waals surface area contributed by atoms with Crippen molar-refractivity contribution in [1.82, 2.24) is 0 Å². The lowest BCUT2D eigenvalue weighted by Gasteiger charge is -2.06. The second-order valence-corrected chi connectivity index (χ2v) is 2.29. The highest BCUT2D eigenvalue weighted by Gasteiger charge is 2.32. The molecule has 1 atom stereocenters. The standard InChI is InChI=1S/C2H2BrF3S/c3-1(4)2(5,6)7/h1,7H. The van der Waals surface area contributed by atoms with Gasteiger partial charge in [-0.15, -0.1) is 12.6 Å². The Bertz CT molecular complexity index is 58.4. The summed E-state index contributed by atoms with van der Waals surface area (Å²) in [6, 6.07) is 0. The van der Waals surface area contributed by atoms with Crippen LogP contribution in [0.1, 0.15) is 0 Å². The SMILES string of the molecule is FC(Br)C(F)(F)S. The molecular formula is C2H2BrF3S. The van der Waals surface area contributed by atoms with E-state index in [1.165, 1.54) is 0 Å². The van der Waals surface area contributed by atoms with Crippen LogP contribution in [0.25, 0.3) is 0 Å². The van der Waals surface area contributed by atoms with Crippen molar-refractivity contribution < 1.29 is 13.2 Å². The molecule has 0 aliphatic heterocycles. The largest absolute Gasteiger partial charge is 0.331 e. The van der Waals surface area contributed by atoms with Crippen molar-refractivity contribution in [3.05, 3.63) is 0 Å². The molecule has 0 heterocycles. The maximum absolute atomic E-state index is 11.3. The molecule has 0 saturated heterocycles. The zero-order valence-corrected chi connectivity index (χ0v) is 5.52. The normalized spacial score (nSPS) is 16.7. The Balaban J connectivity index is 3.54. The minimum absolute atomic E-state index is 2.00. The van der Waals surface area contributed by atoms with Crippen molar-refractivity contribution in [3.63, 3.8) is 0 Å². The molecule has 0 fully saturated rings. The lowest BCUT2D eigenvalue weighted by Crippen LogP contribution is -2.15. The summed E-state index contributed by atoms with van der Waals surface area (Å²) in [4.78, 5) is 0. The maximum Gasteiger partial charge on any atom is 0.331 e. The summed E-state index contributed by atoms with van der Waals surface area (Å²) in [5, 5.41) is -5.91. The molecule has 0 aromatic rings. The molecule has 0 aliphatic carbocycles. The summed E-state index contributed by atoms with van der Waals surface area (Å²) in [6.07, 6.45) is 0. The van der Waals surface area contributed by atoms with E-state index in [9.17, 15) is 13.2 Å². The van der Waals surface area contributed by atoms with E-state index < -0.39 is 10.3 Å². The Morgan fingerprint density at radius 3 is 1.71 bits per heavy atom. The van der Waals surface area contributed by atoms with E-state index >= 15 is 0 Å². The monoisotopic (exact) mass is 194 g/mol. The van der Waals surface area contributed by atoms with Crippen LogP contribution in [-0.2, 0) is 0 Å². The summed E-state index contributed by atoms with van der Waals surface area (Å²) >= 11 is 4.60. The van der Waals surface area contributed by atoms with Gasteiger partial charge in [-0.25, -0.2) is 4.39 Å². The fourth-order valence-corrected chi connectivity index (χ4v) is 0. The molecule has 0 spiro atoms. The van der Waals surface area contributed by atoms with Crippen molar-refractivity contribution in [1.29, 1.82) is 0 Å². The zero-order chi connectivity index (χ0) is 6.08. The number of hydrogen-bond donors (Lipinski definition) is 1. The third-order valence-electron chi connectivity index (χ3n) is 0.263. The first-order valence-electron chi connectivity index (χ1n) is 1.33. The summed E-state index contributed by atoms with van der Waals surface area (Å²) in [5.74, 6) is 0. The number of halogens is 4. The van der Waals surface area contributed by atoms with Crippen LogP contribution in [0, 0.1) is 0 Å². The third kappa shape index (κ3) is 3.22. The first-order chi connectivity index (χ1) is 2.94. The molecule has 0 amide bonds. The molecule has 0 aromatic heterocycles. The molecule has 5 heteroatoms. The summed E-state index contributed by atoms with van der Waals surface area (Å²) in [7, 11) is 0. The second kappa shape index (κ2) is 2.26. The first-order valence-corrected chi connectivity index (χ1v) is 2.69. The van der Waals surface area contributed by atoms with Crippen LogP contribution in [-0.4, -0.2) is 10.3 Å². The fourth-order valence-electron chi connectivity index (χ4n) is 0. The zero-order valence-electron chi connectivity index (χ0n) is 3.04. The van der Waals surface area contributed by atoms with E-state index in [4.69, 9.17) is 0 Å². The average molecular weight is 195 g/mol. The van der Waals surface area contributed by atoms with Gasteiger partial charge in [0.15, 0.2) is 0 Å². The molecule has 0 bridgehead atoms. The van der Waals surface area contributed by atoms with Crippen molar-refractivity contribution >= 4 is 28.6 Å². The highest BCUT2D eigenvalue weighted by Crippen LogP contribution is 2.28. The van der Waals surface area contributed by atoms with Crippen molar-refractivity contribution in [2.24, 2.45) is 0 Å². The van der Waals surface area contributed by atoms with Gasteiger partial charge in [-0.2, -0.15) is 8.78 Å². The van der Waals surface area contributed by atoms with Crippen LogP contribution >= 0.6 is 28.6 Å². The minimum atomic E-state index is -3.56. The van der Waals surface area contributed by atoms with Gasteiger partial charge in [0.1, 0.15) is 0 Å². The summed E-state index contributed by atoms with van der Waals surface area (Å²) in [6.45, 7) is 0. The molecule has 0 saturated carbocycles. The lowest BCUT2D eigenvalue weighted by molar-refractivity contribution is 0.0628. The minimum Gasteiger partial charge on any atom is -0.227 e. The van der Waals surface area contributed by atoms with E-state index in [1.54, 1.807) is 0 Å². The Labute approximate surface area is 52.6 Å². The highest BCUT2D eigenvalue weighted by atomic mass is 79.9. The van der Waals surface area contributed by atoms with Crippen LogP contribution in [0.3, 0.4) is 0 Å². The maximum atomic E-state index is 11.3. The Morgan fingerprint density at radius 2 is 1.71 bits per heavy atom. The predicted octanol–water partition coefficient (Wildman–Crippen LogP) is 2.20. The van der Waals surface area contributed by atoms with Gasteiger partial charge < -0.3 is 0 Å². The van der Waals surface area contributed by atoms with Gasteiger partial charge in [0, 0.05) is 0 Å². The van der Waals surface area contributed by atoms with E-state index in [-0.39, 0.29) is 0 Å². The van der Waals surface area contributed by atoms with Crippen molar-refractivity contribution in [3.8, 4) is 0 Å². The Kier molecular flexibility index (Phi) is 2.46. The van der Waals surface area contributed by atoms with Crippen molar-refractivity contribution in [2.75, 3.05) is 0 Å². The van der Waals surface area contributed by atoms with Gasteiger partial charge in [-0.1, -0.05) is 0 Å². The van der Waals surface area contributed by atoms with Crippen molar-refractivity contribution in [2.45, 2.75) is 10.3 Å². The molecule has 0 radical (unpaired) electrons. The topological polar surface area (TPSA) is 0 Å². The summed E-state index contributed by atoms with van der Waals surface area (Å²) in [5.41, 5.74) is 0. The highest BCUT2D eigenvalue weighted by molar-refractivity contribution is 9.09. The quantitative estimate of drug-likeness (QED) is 0.481.